The Bertz CT molecular complexity index is 532. The number of rotatable bonds is 5. The van der Waals surface area contributed by atoms with Crippen LogP contribution in [-0.2, 0) is 0 Å². The van der Waals surface area contributed by atoms with E-state index in [0.29, 0.717) is 6.42 Å². The summed E-state index contributed by atoms with van der Waals surface area (Å²) in [6.45, 7) is 0.0954. The zero-order valence-corrected chi connectivity index (χ0v) is 10.7. The van der Waals surface area contributed by atoms with Crippen LogP contribution in [0.25, 0.3) is 6.08 Å². The maximum Gasteiger partial charge on any atom is 0.119 e. The Balaban J connectivity index is 2.22. The van der Waals surface area contributed by atoms with E-state index in [4.69, 9.17) is 0 Å². The molecule has 2 N–H and O–H groups in total. The molecule has 2 aromatic carbocycles. The minimum atomic E-state index is 0.0198. The fraction of sp³-hybridized carbons (Fsp3) is 0.176. The van der Waals surface area contributed by atoms with E-state index >= 15 is 0 Å². The lowest BCUT2D eigenvalue weighted by atomic mass is 9.94. The summed E-state index contributed by atoms with van der Waals surface area (Å²) in [6, 6.07) is 17.3. The van der Waals surface area contributed by atoms with Crippen LogP contribution in [0, 0.1) is 0 Å². The normalized spacial score (nSPS) is 12.7. The lowest BCUT2D eigenvalue weighted by molar-refractivity contribution is 0.282. The molecule has 19 heavy (non-hydrogen) atoms. The molecule has 0 aliphatic rings. The average molecular weight is 254 g/mol. The molecule has 0 aromatic heterocycles. The second-order valence-corrected chi connectivity index (χ2v) is 4.45. The van der Waals surface area contributed by atoms with Crippen LogP contribution in [0.5, 0.6) is 5.75 Å². The molecular formula is C17H18O2. The summed E-state index contributed by atoms with van der Waals surface area (Å²) >= 11 is 0. The van der Waals surface area contributed by atoms with Crippen molar-refractivity contribution in [3.63, 3.8) is 0 Å². The zero-order valence-electron chi connectivity index (χ0n) is 10.7. The van der Waals surface area contributed by atoms with Crippen molar-refractivity contribution in [2.24, 2.45) is 0 Å². The molecule has 0 saturated heterocycles. The minimum absolute atomic E-state index is 0.0198. The number of para-hydroxylation sites is 1. The molecule has 2 nitrogen and oxygen atoms in total. The number of aromatic hydroxyl groups is 1. The van der Waals surface area contributed by atoms with Gasteiger partial charge in [0.1, 0.15) is 5.75 Å². The first-order valence-corrected chi connectivity index (χ1v) is 6.43. The van der Waals surface area contributed by atoms with E-state index in [0.717, 1.165) is 11.1 Å². The third-order valence-electron chi connectivity index (χ3n) is 3.10. The van der Waals surface area contributed by atoms with Crippen molar-refractivity contribution in [3.8, 4) is 5.75 Å². The van der Waals surface area contributed by atoms with Gasteiger partial charge in [0.05, 0.1) is 0 Å². The molecule has 0 heterocycles. The van der Waals surface area contributed by atoms with Gasteiger partial charge in [0.25, 0.3) is 0 Å². The van der Waals surface area contributed by atoms with E-state index in [2.05, 4.69) is 0 Å². The van der Waals surface area contributed by atoms with Crippen LogP contribution in [0.15, 0.2) is 60.7 Å². The first-order chi connectivity index (χ1) is 9.31. The van der Waals surface area contributed by atoms with Crippen molar-refractivity contribution in [1.82, 2.24) is 0 Å². The van der Waals surface area contributed by atoms with Crippen LogP contribution in [0.1, 0.15) is 23.5 Å². The van der Waals surface area contributed by atoms with Gasteiger partial charge in [-0.1, -0.05) is 60.7 Å². The molecule has 0 aliphatic carbocycles. The number of aliphatic hydroxyl groups excluding tert-OH is 1. The van der Waals surface area contributed by atoms with Gasteiger partial charge in [0, 0.05) is 18.1 Å². The largest absolute Gasteiger partial charge is 0.508 e. The number of hydrogen-bond acceptors (Lipinski definition) is 2. The number of aliphatic hydroxyl groups is 1. The third kappa shape index (κ3) is 3.70. The quantitative estimate of drug-likeness (QED) is 0.856. The van der Waals surface area contributed by atoms with E-state index in [9.17, 15) is 10.2 Å². The van der Waals surface area contributed by atoms with Crippen molar-refractivity contribution in [2.75, 3.05) is 6.61 Å². The molecule has 2 heteroatoms. The van der Waals surface area contributed by atoms with E-state index in [-0.39, 0.29) is 18.3 Å². The summed E-state index contributed by atoms with van der Waals surface area (Å²) in [7, 11) is 0. The molecule has 0 amide bonds. The molecule has 0 radical (unpaired) electrons. The van der Waals surface area contributed by atoms with E-state index < -0.39 is 0 Å². The van der Waals surface area contributed by atoms with Gasteiger partial charge < -0.3 is 10.2 Å². The van der Waals surface area contributed by atoms with Crippen molar-refractivity contribution in [3.05, 3.63) is 71.8 Å². The molecule has 0 fully saturated rings. The summed E-state index contributed by atoms with van der Waals surface area (Å²) in [4.78, 5) is 0. The predicted octanol–water partition coefficient (Wildman–Crippen LogP) is 3.57. The predicted molar refractivity (Wildman–Crippen MR) is 78.0 cm³/mol. The molecule has 0 unspecified atom stereocenters. The fourth-order valence-corrected chi connectivity index (χ4v) is 2.09. The standard InChI is InChI=1S/C17H18O2/c18-13-12-15(16-8-4-5-9-17(16)19)11-10-14-6-2-1-3-7-14/h1-11,15,18-19H,12-13H2/b11-10+/t15-/m0/s1. The highest BCUT2D eigenvalue weighted by Crippen LogP contribution is 2.29. The number of phenolic OH excluding ortho intramolecular Hbond substituents is 1. The van der Waals surface area contributed by atoms with E-state index in [1.165, 1.54) is 0 Å². The molecule has 0 spiro atoms. The van der Waals surface area contributed by atoms with Crippen molar-refractivity contribution < 1.29 is 10.2 Å². The van der Waals surface area contributed by atoms with Gasteiger partial charge in [0.15, 0.2) is 0 Å². The first kappa shape index (κ1) is 13.4. The Morgan fingerprint density at radius 1 is 0.947 bits per heavy atom. The van der Waals surface area contributed by atoms with E-state index in [1.54, 1.807) is 12.1 Å². The molecule has 2 aromatic rings. The fourth-order valence-electron chi connectivity index (χ4n) is 2.09. The van der Waals surface area contributed by atoms with Crippen LogP contribution in [0.3, 0.4) is 0 Å². The third-order valence-corrected chi connectivity index (χ3v) is 3.10. The van der Waals surface area contributed by atoms with Gasteiger partial charge in [-0.2, -0.15) is 0 Å². The molecule has 0 saturated carbocycles. The topological polar surface area (TPSA) is 40.5 Å². The second kappa shape index (κ2) is 6.76. The van der Waals surface area contributed by atoms with Gasteiger partial charge in [-0.15, -0.1) is 0 Å². The van der Waals surface area contributed by atoms with Gasteiger partial charge in [-0.25, -0.2) is 0 Å². The Labute approximate surface area is 113 Å². The highest BCUT2D eigenvalue weighted by Gasteiger charge is 2.11. The highest BCUT2D eigenvalue weighted by molar-refractivity contribution is 5.51. The van der Waals surface area contributed by atoms with Crippen molar-refractivity contribution >= 4 is 6.08 Å². The minimum Gasteiger partial charge on any atom is -0.508 e. The second-order valence-electron chi connectivity index (χ2n) is 4.45. The van der Waals surface area contributed by atoms with Crippen molar-refractivity contribution in [2.45, 2.75) is 12.3 Å². The smallest absolute Gasteiger partial charge is 0.119 e. The lowest BCUT2D eigenvalue weighted by Gasteiger charge is -2.13. The van der Waals surface area contributed by atoms with Crippen LogP contribution < -0.4 is 0 Å². The van der Waals surface area contributed by atoms with Crippen LogP contribution in [0.4, 0.5) is 0 Å². The van der Waals surface area contributed by atoms with Crippen LogP contribution in [-0.4, -0.2) is 16.8 Å². The van der Waals surface area contributed by atoms with Gasteiger partial charge >= 0.3 is 0 Å². The summed E-state index contributed by atoms with van der Waals surface area (Å²) in [6.07, 6.45) is 4.65. The Morgan fingerprint density at radius 3 is 2.32 bits per heavy atom. The molecule has 0 aliphatic heterocycles. The van der Waals surface area contributed by atoms with Gasteiger partial charge in [0.2, 0.25) is 0 Å². The summed E-state index contributed by atoms with van der Waals surface area (Å²) < 4.78 is 0. The Morgan fingerprint density at radius 2 is 1.63 bits per heavy atom. The number of hydrogen-bond donors (Lipinski definition) is 2. The Hall–Kier alpha value is -2.06. The summed E-state index contributed by atoms with van der Waals surface area (Å²) in [5.41, 5.74) is 1.96. The number of phenols is 1. The van der Waals surface area contributed by atoms with Crippen molar-refractivity contribution in [1.29, 1.82) is 0 Å². The Kier molecular flexibility index (Phi) is 4.76. The monoisotopic (exact) mass is 254 g/mol. The van der Waals surface area contributed by atoms with Crippen LogP contribution >= 0.6 is 0 Å². The first-order valence-electron chi connectivity index (χ1n) is 6.43. The maximum absolute atomic E-state index is 9.89. The molecule has 2 rings (SSSR count). The zero-order chi connectivity index (χ0) is 13.5. The lowest BCUT2D eigenvalue weighted by Crippen LogP contribution is -1.98. The number of benzene rings is 2. The van der Waals surface area contributed by atoms with E-state index in [1.807, 2.05) is 54.6 Å². The van der Waals surface area contributed by atoms with Gasteiger partial charge in [-0.05, 0) is 18.1 Å². The average Bonchev–Trinajstić information content (AvgIpc) is 2.45. The van der Waals surface area contributed by atoms with Crippen LogP contribution in [0.2, 0.25) is 0 Å². The molecule has 0 bridgehead atoms. The molecule has 98 valence electrons. The molecule has 1 atom stereocenters. The maximum atomic E-state index is 9.89. The number of allylic oxidation sites excluding steroid dienone is 1. The van der Waals surface area contributed by atoms with Gasteiger partial charge in [-0.3, -0.25) is 0 Å². The molecular weight excluding hydrogens is 236 g/mol. The summed E-state index contributed by atoms with van der Waals surface area (Å²) in [5, 5.41) is 19.1. The summed E-state index contributed by atoms with van der Waals surface area (Å²) in [5.74, 6) is 0.296. The SMILES string of the molecule is OCC[C@H](/C=C/c1ccccc1)c1ccccc1O. The highest BCUT2D eigenvalue weighted by atomic mass is 16.3.